The van der Waals surface area contributed by atoms with E-state index >= 15 is 0 Å². The van der Waals surface area contributed by atoms with Crippen molar-refractivity contribution in [2.45, 2.75) is 12.8 Å². The predicted molar refractivity (Wildman–Crippen MR) is 61.2 cm³/mol. The number of aryl methyl sites for hydroxylation is 1. The van der Waals surface area contributed by atoms with Crippen LogP contribution in [0.3, 0.4) is 0 Å². The average molecular weight is 229 g/mol. The molecule has 0 amide bonds. The van der Waals surface area contributed by atoms with Crippen molar-refractivity contribution in [3.05, 3.63) is 42.4 Å². The Hall–Kier alpha value is -2.30. The summed E-state index contributed by atoms with van der Waals surface area (Å²) in [5.41, 5.74) is 1.40. The van der Waals surface area contributed by atoms with Crippen LogP contribution in [0, 0.1) is 0 Å². The van der Waals surface area contributed by atoms with Crippen LogP contribution >= 0.6 is 0 Å². The number of hydrogen-bond donors (Lipinski definition) is 1. The van der Waals surface area contributed by atoms with Gasteiger partial charge in [0.2, 0.25) is 0 Å². The number of rotatable bonds is 4. The van der Waals surface area contributed by atoms with Gasteiger partial charge in [-0.25, -0.2) is 9.97 Å². The SMILES string of the molecule is O=C(O)CCc1ccnc(-c2ccccn2)n1. The second kappa shape index (κ2) is 5.16. The van der Waals surface area contributed by atoms with Crippen LogP contribution < -0.4 is 0 Å². The van der Waals surface area contributed by atoms with Crippen molar-refractivity contribution in [3.63, 3.8) is 0 Å². The first-order valence-corrected chi connectivity index (χ1v) is 5.21. The van der Waals surface area contributed by atoms with Gasteiger partial charge in [0.05, 0.1) is 6.42 Å². The van der Waals surface area contributed by atoms with Gasteiger partial charge in [0.15, 0.2) is 5.82 Å². The second-order valence-electron chi connectivity index (χ2n) is 3.48. The fraction of sp³-hybridized carbons (Fsp3) is 0.167. The summed E-state index contributed by atoms with van der Waals surface area (Å²) in [5.74, 6) is -0.309. The fourth-order valence-electron chi connectivity index (χ4n) is 1.39. The molecule has 0 aromatic carbocycles. The Morgan fingerprint density at radius 1 is 1.18 bits per heavy atom. The van der Waals surface area contributed by atoms with Gasteiger partial charge in [0.25, 0.3) is 0 Å². The van der Waals surface area contributed by atoms with E-state index in [0.29, 0.717) is 23.6 Å². The monoisotopic (exact) mass is 229 g/mol. The van der Waals surface area contributed by atoms with E-state index in [4.69, 9.17) is 5.11 Å². The summed E-state index contributed by atoms with van der Waals surface area (Å²) in [6.07, 6.45) is 3.76. The van der Waals surface area contributed by atoms with Crippen LogP contribution in [0.4, 0.5) is 0 Å². The van der Waals surface area contributed by atoms with Crippen LogP contribution in [0.1, 0.15) is 12.1 Å². The summed E-state index contributed by atoms with van der Waals surface area (Å²) in [5, 5.41) is 8.61. The molecular weight excluding hydrogens is 218 g/mol. The number of pyridine rings is 1. The van der Waals surface area contributed by atoms with Crippen molar-refractivity contribution in [3.8, 4) is 11.5 Å². The Labute approximate surface area is 98.2 Å². The summed E-state index contributed by atoms with van der Waals surface area (Å²) in [6, 6.07) is 7.21. The van der Waals surface area contributed by atoms with E-state index in [2.05, 4.69) is 15.0 Å². The Balaban J connectivity index is 2.20. The third-order valence-corrected chi connectivity index (χ3v) is 2.20. The smallest absolute Gasteiger partial charge is 0.303 e. The largest absolute Gasteiger partial charge is 0.481 e. The molecule has 0 saturated heterocycles. The predicted octanol–water partition coefficient (Wildman–Crippen LogP) is 1.56. The van der Waals surface area contributed by atoms with Crippen molar-refractivity contribution in [2.24, 2.45) is 0 Å². The van der Waals surface area contributed by atoms with E-state index in [0.717, 1.165) is 0 Å². The van der Waals surface area contributed by atoms with E-state index in [1.807, 2.05) is 18.2 Å². The lowest BCUT2D eigenvalue weighted by atomic mass is 10.2. The first kappa shape index (κ1) is 11.2. The van der Waals surface area contributed by atoms with E-state index < -0.39 is 5.97 Å². The summed E-state index contributed by atoms with van der Waals surface area (Å²) in [7, 11) is 0. The maximum absolute atomic E-state index is 10.5. The summed E-state index contributed by atoms with van der Waals surface area (Å²) in [6.45, 7) is 0. The maximum atomic E-state index is 10.5. The molecule has 17 heavy (non-hydrogen) atoms. The topological polar surface area (TPSA) is 76.0 Å². The molecule has 5 heteroatoms. The molecule has 0 saturated carbocycles. The maximum Gasteiger partial charge on any atom is 0.303 e. The lowest BCUT2D eigenvalue weighted by Crippen LogP contribution is -2.01. The molecule has 0 fully saturated rings. The lowest BCUT2D eigenvalue weighted by Gasteiger charge is -2.01. The lowest BCUT2D eigenvalue weighted by molar-refractivity contribution is -0.136. The van der Waals surface area contributed by atoms with E-state index in [1.165, 1.54) is 0 Å². The Kier molecular flexibility index (Phi) is 3.40. The van der Waals surface area contributed by atoms with Crippen molar-refractivity contribution in [2.75, 3.05) is 0 Å². The van der Waals surface area contributed by atoms with Gasteiger partial charge in [-0.1, -0.05) is 6.07 Å². The van der Waals surface area contributed by atoms with Crippen LogP contribution in [0.25, 0.3) is 11.5 Å². The molecule has 0 aliphatic rings. The summed E-state index contributed by atoms with van der Waals surface area (Å²) in [4.78, 5) is 23.0. The van der Waals surface area contributed by atoms with Gasteiger partial charge in [-0.15, -0.1) is 0 Å². The molecule has 0 bridgehead atoms. The van der Waals surface area contributed by atoms with Gasteiger partial charge < -0.3 is 5.11 Å². The molecule has 0 unspecified atom stereocenters. The van der Waals surface area contributed by atoms with E-state index in [9.17, 15) is 4.79 Å². The molecular formula is C12H11N3O2. The molecule has 2 heterocycles. The Bertz CT molecular complexity index is 514. The van der Waals surface area contributed by atoms with E-state index in [-0.39, 0.29) is 6.42 Å². The number of nitrogens with zero attached hydrogens (tertiary/aromatic N) is 3. The third-order valence-electron chi connectivity index (χ3n) is 2.20. The zero-order valence-corrected chi connectivity index (χ0v) is 9.08. The minimum absolute atomic E-state index is 0.0681. The minimum atomic E-state index is -0.831. The van der Waals surface area contributed by atoms with Gasteiger partial charge in [-0.3, -0.25) is 9.78 Å². The standard InChI is InChI=1S/C12H11N3O2/c16-11(17)5-4-9-6-8-14-12(15-9)10-3-1-2-7-13-10/h1-3,6-8H,4-5H2,(H,16,17). The zero-order valence-electron chi connectivity index (χ0n) is 9.08. The number of hydrogen-bond acceptors (Lipinski definition) is 4. The minimum Gasteiger partial charge on any atom is -0.481 e. The molecule has 0 aliphatic heterocycles. The molecule has 0 radical (unpaired) electrons. The number of aliphatic carboxylic acids is 1. The normalized spacial score (nSPS) is 10.1. The van der Waals surface area contributed by atoms with E-state index in [1.54, 1.807) is 18.5 Å². The highest BCUT2D eigenvalue weighted by atomic mass is 16.4. The number of carboxylic acid groups (broad SMARTS) is 1. The van der Waals surface area contributed by atoms with Crippen LogP contribution in [-0.2, 0) is 11.2 Å². The molecule has 2 aromatic rings. The molecule has 0 aliphatic carbocycles. The number of carbonyl (C=O) groups is 1. The molecule has 0 atom stereocenters. The van der Waals surface area contributed by atoms with Gasteiger partial charge >= 0.3 is 5.97 Å². The zero-order chi connectivity index (χ0) is 12.1. The molecule has 5 nitrogen and oxygen atoms in total. The van der Waals surface area contributed by atoms with Crippen LogP contribution in [0.15, 0.2) is 36.7 Å². The highest BCUT2D eigenvalue weighted by molar-refractivity contribution is 5.67. The van der Waals surface area contributed by atoms with Gasteiger partial charge in [-0.05, 0) is 18.2 Å². The first-order chi connectivity index (χ1) is 8.25. The Morgan fingerprint density at radius 3 is 2.76 bits per heavy atom. The van der Waals surface area contributed by atoms with Gasteiger partial charge in [0.1, 0.15) is 5.69 Å². The summed E-state index contributed by atoms with van der Waals surface area (Å²) >= 11 is 0. The molecule has 0 spiro atoms. The van der Waals surface area contributed by atoms with Crippen LogP contribution in [0.5, 0.6) is 0 Å². The first-order valence-electron chi connectivity index (χ1n) is 5.21. The molecule has 2 rings (SSSR count). The van der Waals surface area contributed by atoms with Gasteiger partial charge in [0, 0.05) is 24.5 Å². The molecule has 1 N–H and O–H groups in total. The fourth-order valence-corrected chi connectivity index (χ4v) is 1.39. The van der Waals surface area contributed by atoms with Crippen LogP contribution in [-0.4, -0.2) is 26.0 Å². The number of aromatic nitrogens is 3. The molecule has 2 aromatic heterocycles. The highest BCUT2D eigenvalue weighted by Gasteiger charge is 2.05. The Morgan fingerprint density at radius 2 is 2.06 bits per heavy atom. The molecule has 86 valence electrons. The van der Waals surface area contributed by atoms with Crippen molar-refractivity contribution >= 4 is 5.97 Å². The van der Waals surface area contributed by atoms with Crippen molar-refractivity contribution in [1.82, 2.24) is 15.0 Å². The van der Waals surface area contributed by atoms with Gasteiger partial charge in [-0.2, -0.15) is 0 Å². The summed E-state index contributed by atoms with van der Waals surface area (Å²) < 4.78 is 0. The number of carboxylic acids is 1. The average Bonchev–Trinajstić information content (AvgIpc) is 2.38. The highest BCUT2D eigenvalue weighted by Crippen LogP contribution is 2.11. The van der Waals surface area contributed by atoms with Crippen molar-refractivity contribution in [1.29, 1.82) is 0 Å². The van der Waals surface area contributed by atoms with Crippen molar-refractivity contribution < 1.29 is 9.90 Å². The van der Waals surface area contributed by atoms with Crippen LogP contribution in [0.2, 0.25) is 0 Å². The quantitative estimate of drug-likeness (QED) is 0.860. The third kappa shape index (κ3) is 3.07. The second-order valence-corrected chi connectivity index (χ2v) is 3.48.